The molecule has 6 rings (SSSR count). The van der Waals surface area contributed by atoms with E-state index in [-0.39, 0.29) is 11.8 Å². The van der Waals surface area contributed by atoms with Gasteiger partial charge in [0.05, 0.1) is 0 Å². The molecule has 2 aliphatic heterocycles. The molecule has 43 heavy (non-hydrogen) atoms. The van der Waals surface area contributed by atoms with Crippen molar-refractivity contribution < 1.29 is 9.59 Å². The molecule has 0 bridgehead atoms. The molecule has 5 heteroatoms. The summed E-state index contributed by atoms with van der Waals surface area (Å²) >= 11 is 4.64. The molecule has 2 aromatic carbocycles. The van der Waals surface area contributed by atoms with Gasteiger partial charge in [0.25, 0.3) is 0 Å². The van der Waals surface area contributed by atoms with E-state index in [0.29, 0.717) is 11.6 Å². The molecule has 0 unspecified atom stereocenters. The summed E-state index contributed by atoms with van der Waals surface area (Å²) < 4.78 is 0. The van der Waals surface area contributed by atoms with E-state index < -0.39 is 0 Å². The van der Waals surface area contributed by atoms with Crippen molar-refractivity contribution in [3.8, 4) is 0 Å². The molecule has 2 aromatic rings. The first-order chi connectivity index (χ1) is 21.2. The van der Waals surface area contributed by atoms with Crippen LogP contribution in [0.4, 0.5) is 0 Å². The lowest BCUT2D eigenvalue weighted by atomic mass is 9.84. The second-order valence-corrected chi connectivity index (χ2v) is 13.2. The van der Waals surface area contributed by atoms with Crippen LogP contribution in [0.25, 0.3) is 0 Å². The van der Waals surface area contributed by atoms with Gasteiger partial charge < -0.3 is 10.6 Å². The second kappa shape index (κ2) is 18.7. The predicted octanol–water partition coefficient (Wildman–Crippen LogP) is 8.45. The number of alkyl halides is 1. The van der Waals surface area contributed by atoms with Crippen molar-refractivity contribution in [2.24, 2.45) is 23.7 Å². The highest BCUT2D eigenvalue weighted by Crippen LogP contribution is 2.29. The van der Waals surface area contributed by atoms with Gasteiger partial charge in [0.1, 0.15) is 0 Å². The van der Waals surface area contributed by atoms with E-state index in [2.05, 4.69) is 70.8 Å². The van der Waals surface area contributed by atoms with Gasteiger partial charge in [-0.2, -0.15) is 0 Å². The number of nitrogens with one attached hydrogen (secondary N) is 2. The molecule has 236 valence electrons. The van der Waals surface area contributed by atoms with Crippen molar-refractivity contribution in [2.75, 3.05) is 32.6 Å². The number of hydrogen-bond acceptors (Lipinski definition) is 4. The van der Waals surface area contributed by atoms with Gasteiger partial charge in [-0.1, -0.05) is 106 Å². The molecule has 0 aromatic heterocycles. The Hall–Kier alpha value is -2.01. The van der Waals surface area contributed by atoms with Crippen molar-refractivity contribution in [3.63, 3.8) is 0 Å². The van der Waals surface area contributed by atoms with Gasteiger partial charge >= 0.3 is 0 Å². The molecule has 2 aliphatic carbocycles. The first-order valence-electron chi connectivity index (χ1n) is 17.2. The van der Waals surface area contributed by atoms with Gasteiger partial charge in [0.15, 0.2) is 11.6 Å². The minimum absolute atomic E-state index is 0.232. The quantitative estimate of drug-likeness (QED) is 0.234. The molecule has 0 radical (unpaired) electrons. The smallest absolute Gasteiger partial charge is 0.166 e. The SMILES string of the molecule is CCl.O=C(c1ccc(CC2CCCC2)cc1)C1CCNCC1.O=C(c1ccc(CC2CCCCC2)cc1)C1CCNCC1. The zero-order valence-corrected chi connectivity index (χ0v) is 27.3. The third-order valence-corrected chi connectivity index (χ3v) is 10.1. The number of carbonyl (C=O) groups excluding carboxylic acids is 2. The summed E-state index contributed by atoms with van der Waals surface area (Å²) in [6.45, 7) is 3.93. The molecule has 4 fully saturated rings. The van der Waals surface area contributed by atoms with Crippen LogP contribution in [-0.2, 0) is 12.8 Å². The monoisotopic (exact) mass is 606 g/mol. The van der Waals surface area contributed by atoms with E-state index in [1.165, 1.54) is 88.1 Å². The van der Waals surface area contributed by atoms with Crippen LogP contribution in [0.5, 0.6) is 0 Å². The molecule has 2 N–H and O–H groups in total. The predicted molar refractivity (Wildman–Crippen MR) is 180 cm³/mol. The lowest BCUT2D eigenvalue weighted by molar-refractivity contribution is 0.0888. The lowest BCUT2D eigenvalue weighted by Crippen LogP contribution is -2.31. The Balaban J connectivity index is 0.000000186. The second-order valence-electron chi connectivity index (χ2n) is 13.2. The number of halogens is 1. The van der Waals surface area contributed by atoms with Crippen molar-refractivity contribution in [3.05, 3.63) is 70.8 Å². The standard InChI is InChI=1S/C19H27NO.C18H25NO.CH3Cl/c21-19(18-10-12-20-13-11-18)17-8-6-16(7-9-17)14-15-4-2-1-3-5-15;20-18(17-9-11-19-12-10-17)16-7-5-15(6-8-16)13-14-3-1-2-4-14;1-2/h6-9,15,18,20H,1-5,10-14H2;5-8,14,17,19H,1-4,9-13H2;1H3. The van der Waals surface area contributed by atoms with Gasteiger partial charge in [-0.15, -0.1) is 11.6 Å². The van der Waals surface area contributed by atoms with Crippen LogP contribution in [0.1, 0.15) is 115 Å². The van der Waals surface area contributed by atoms with Gasteiger partial charge in [-0.05, 0) is 87.7 Å². The maximum Gasteiger partial charge on any atom is 0.166 e. The Morgan fingerprint density at radius 2 is 0.860 bits per heavy atom. The Morgan fingerprint density at radius 3 is 1.21 bits per heavy atom. The Bertz CT molecular complexity index is 1080. The van der Waals surface area contributed by atoms with E-state index in [1.54, 1.807) is 0 Å². The molecule has 0 amide bonds. The topological polar surface area (TPSA) is 58.2 Å². The minimum atomic E-state index is 0.232. The zero-order chi connectivity index (χ0) is 30.3. The number of carbonyl (C=O) groups is 2. The Labute approximate surface area is 266 Å². The molecule has 4 aliphatic rings. The van der Waals surface area contributed by atoms with Crippen LogP contribution in [0.15, 0.2) is 48.5 Å². The fraction of sp³-hybridized carbons (Fsp3) is 0.632. The summed E-state index contributed by atoms with van der Waals surface area (Å²) in [6.07, 6.45) is 20.4. The molecule has 0 spiro atoms. The summed E-state index contributed by atoms with van der Waals surface area (Å²) in [5, 5.41) is 6.64. The maximum atomic E-state index is 12.5. The normalized spacial score (nSPS) is 20.4. The molecule has 0 atom stereocenters. The van der Waals surface area contributed by atoms with Gasteiger partial charge in [0, 0.05) is 29.3 Å². The fourth-order valence-electron chi connectivity index (χ4n) is 7.52. The number of hydrogen-bond donors (Lipinski definition) is 2. The van der Waals surface area contributed by atoms with E-state index >= 15 is 0 Å². The van der Waals surface area contributed by atoms with E-state index in [0.717, 1.165) is 74.8 Å². The Morgan fingerprint density at radius 1 is 0.535 bits per heavy atom. The average molecular weight is 607 g/mol. The molecular formula is C38H55ClN2O2. The maximum absolute atomic E-state index is 12.5. The number of benzene rings is 2. The molecule has 2 saturated carbocycles. The molecule has 4 nitrogen and oxygen atoms in total. The third-order valence-electron chi connectivity index (χ3n) is 10.1. The summed E-state index contributed by atoms with van der Waals surface area (Å²) in [4.78, 5) is 24.9. The summed E-state index contributed by atoms with van der Waals surface area (Å²) in [5.41, 5.74) is 4.63. The largest absolute Gasteiger partial charge is 0.317 e. The minimum Gasteiger partial charge on any atom is -0.317 e. The van der Waals surface area contributed by atoms with Crippen molar-refractivity contribution >= 4 is 23.2 Å². The van der Waals surface area contributed by atoms with Crippen LogP contribution in [-0.4, -0.2) is 44.1 Å². The van der Waals surface area contributed by atoms with Crippen LogP contribution < -0.4 is 10.6 Å². The van der Waals surface area contributed by atoms with Crippen molar-refractivity contribution in [1.82, 2.24) is 10.6 Å². The van der Waals surface area contributed by atoms with E-state index in [9.17, 15) is 9.59 Å². The van der Waals surface area contributed by atoms with Gasteiger partial charge in [-0.25, -0.2) is 0 Å². The molecular weight excluding hydrogens is 552 g/mol. The van der Waals surface area contributed by atoms with Crippen molar-refractivity contribution in [2.45, 2.75) is 96.3 Å². The average Bonchev–Trinajstić information content (AvgIpc) is 3.60. The van der Waals surface area contributed by atoms with Crippen LogP contribution >= 0.6 is 11.6 Å². The summed E-state index contributed by atoms with van der Waals surface area (Å²) in [5.74, 6) is 2.90. The molecule has 2 heterocycles. The summed E-state index contributed by atoms with van der Waals surface area (Å²) in [7, 11) is 0. The van der Waals surface area contributed by atoms with E-state index in [4.69, 9.17) is 0 Å². The highest BCUT2D eigenvalue weighted by Gasteiger charge is 2.23. The highest BCUT2D eigenvalue weighted by atomic mass is 35.5. The zero-order valence-electron chi connectivity index (χ0n) is 26.6. The summed E-state index contributed by atoms with van der Waals surface area (Å²) in [6, 6.07) is 16.9. The van der Waals surface area contributed by atoms with Crippen LogP contribution in [0.3, 0.4) is 0 Å². The number of ketones is 2. The third kappa shape index (κ3) is 10.8. The number of rotatable bonds is 8. The molecule has 2 saturated heterocycles. The highest BCUT2D eigenvalue weighted by molar-refractivity contribution is 6.15. The number of piperidine rings is 2. The van der Waals surface area contributed by atoms with Crippen LogP contribution in [0.2, 0.25) is 0 Å². The van der Waals surface area contributed by atoms with Gasteiger partial charge in [-0.3, -0.25) is 9.59 Å². The fourth-order valence-corrected chi connectivity index (χ4v) is 7.52. The van der Waals surface area contributed by atoms with E-state index in [1.807, 2.05) is 0 Å². The van der Waals surface area contributed by atoms with Gasteiger partial charge in [0.2, 0.25) is 0 Å². The first-order valence-corrected chi connectivity index (χ1v) is 18.0. The lowest BCUT2D eigenvalue weighted by Gasteiger charge is -2.22. The van der Waals surface area contributed by atoms with Crippen LogP contribution in [0, 0.1) is 23.7 Å². The number of Topliss-reactive ketones (excluding diaryl/α,β-unsaturated/α-hetero) is 2. The van der Waals surface area contributed by atoms with Crippen molar-refractivity contribution in [1.29, 1.82) is 0 Å². The Kier molecular flexibility index (Phi) is 14.7. The first kappa shape index (κ1) is 33.9.